The van der Waals surface area contributed by atoms with Crippen molar-refractivity contribution in [2.45, 2.75) is 275 Å². The first-order valence-corrected chi connectivity index (χ1v) is 26.8. The number of aliphatic hydroxyl groups is 5. The normalized spacial score (nSPS) is 20.0. The zero-order valence-corrected chi connectivity index (χ0v) is 41.4. The third-order valence-corrected chi connectivity index (χ3v) is 12.5. The van der Waals surface area contributed by atoms with Crippen molar-refractivity contribution < 1.29 is 49.3 Å². The van der Waals surface area contributed by atoms with Gasteiger partial charge in [-0.15, -0.1) is 0 Å². The molecule has 0 radical (unpaired) electrons. The van der Waals surface area contributed by atoms with Gasteiger partial charge >= 0.3 is 5.97 Å². The Hall–Kier alpha value is -2.12. The molecule has 7 atom stereocenters. The first kappa shape index (κ1) is 60.9. The Morgan fingerprint density at radius 2 is 1.00 bits per heavy atom. The zero-order chi connectivity index (χ0) is 47.4. The molecule has 0 spiro atoms. The summed E-state index contributed by atoms with van der Waals surface area (Å²) in [5.74, 6) is -0.228. The molecule has 380 valence electrons. The molecule has 1 aliphatic heterocycles. The van der Waals surface area contributed by atoms with Crippen molar-refractivity contribution in [1.29, 1.82) is 0 Å². The van der Waals surface area contributed by atoms with Crippen LogP contribution in [0.5, 0.6) is 0 Å². The van der Waals surface area contributed by atoms with Gasteiger partial charge in [0.2, 0.25) is 5.91 Å². The van der Waals surface area contributed by atoms with Gasteiger partial charge in [0.05, 0.1) is 32.0 Å². The second-order valence-corrected chi connectivity index (χ2v) is 18.6. The molecular weight excluding hydrogens is 823 g/mol. The minimum absolute atomic E-state index is 0.0306. The van der Waals surface area contributed by atoms with Crippen LogP contribution in [0.4, 0.5) is 0 Å². The van der Waals surface area contributed by atoms with Gasteiger partial charge < -0.3 is 45.1 Å². The molecule has 0 aromatic carbocycles. The number of rotatable bonds is 45. The van der Waals surface area contributed by atoms with Crippen LogP contribution in [0.3, 0.4) is 0 Å². The SMILES string of the molecule is CCCC/C=C\CCCCCCCC(=O)OCCCCCCCC/C=C\CCCCCCCCCC(=O)NC(COC1OC(CO)C(O)C(O)C1O)C(O)/C=C/CCCCCCCCC. The molecule has 65 heavy (non-hydrogen) atoms. The molecule has 11 heteroatoms. The molecule has 11 nitrogen and oxygen atoms in total. The Balaban J connectivity index is 2.11. The minimum atomic E-state index is -1.57. The van der Waals surface area contributed by atoms with E-state index in [-0.39, 0.29) is 18.5 Å². The van der Waals surface area contributed by atoms with Crippen LogP contribution in [0.1, 0.15) is 232 Å². The van der Waals surface area contributed by atoms with Gasteiger partial charge in [0.1, 0.15) is 24.4 Å². The van der Waals surface area contributed by atoms with Crippen LogP contribution in [0, 0.1) is 0 Å². The van der Waals surface area contributed by atoms with Gasteiger partial charge in [0.25, 0.3) is 0 Å². The predicted molar refractivity (Wildman–Crippen MR) is 264 cm³/mol. The van der Waals surface area contributed by atoms with Crippen LogP contribution in [0.15, 0.2) is 36.5 Å². The molecule has 1 aliphatic rings. The Morgan fingerprint density at radius 3 is 1.52 bits per heavy atom. The smallest absolute Gasteiger partial charge is 0.305 e. The number of hydrogen-bond donors (Lipinski definition) is 6. The van der Waals surface area contributed by atoms with E-state index in [1.54, 1.807) is 6.08 Å². The van der Waals surface area contributed by atoms with Crippen LogP contribution in [0.2, 0.25) is 0 Å². The number of carbonyl (C=O) groups is 2. The number of allylic oxidation sites excluding steroid dienone is 5. The fourth-order valence-electron chi connectivity index (χ4n) is 8.11. The lowest BCUT2D eigenvalue weighted by Gasteiger charge is -2.40. The molecule has 1 heterocycles. The van der Waals surface area contributed by atoms with Gasteiger partial charge in [-0.25, -0.2) is 0 Å². The maximum absolute atomic E-state index is 13.0. The highest BCUT2D eigenvalue weighted by Crippen LogP contribution is 2.23. The van der Waals surface area contributed by atoms with Crippen molar-refractivity contribution in [3.05, 3.63) is 36.5 Å². The first-order chi connectivity index (χ1) is 31.7. The number of aliphatic hydroxyl groups excluding tert-OH is 5. The second kappa shape index (κ2) is 44.4. The predicted octanol–water partition coefficient (Wildman–Crippen LogP) is 11.2. The minimum Gasteiger partial charge on any atom is -0.466 e. The molecular formula is C54H99NO10. The van der Waals surface area contributed by atoms with E-state index in [2.05, 4.69) is 43.5 Å². The summed E-state index contributed by atoms with van der Waals surface area (Å²) in [6.45, 7) is 4.23. The number of unbranched alkanes of at least 4 members (excludes halogenated alkanes) is 27. The molecule has 1 saturated heterocycles. The topological polar surface area (TPSA) is 175 Å². The van der Waals surface area contributed by atoms with E-state index in [0.29, 0.717) is 19.4 Å². The number of ether oxygens (including phenoxy) is 3. The van der Waals surface area contributed by atoms with E-state index in [1.165, 1.54) is 122 Å². The lowest BCUT2D eigenvalue weighted by atomic mass is 9.99. The van der Waals surface area contributed by atoms with E-state index in [0.717, 1.165) is 83.5 Å². The summed E-state index contributed by atoms with van der Waals surface area (Å²) in [5, 5.41) is 54.1. The first-order valence-electron chi connectivity index (χ1n) is 26.8. The Bertz CT molecular complexity index is 1180. The Kier molecular flexibility index (Phi) is 41.6. The van der Waals surface area contributed by atoms with E-state index in [4.69, 9.17) is 14.2 Å². The summed E-state index contributed by atoms with van der Waals surface area (Å²) in [6.07, 6.45) is 42.3. The maximum atomic E-state index is 13.0. The molecule has 1 amide bonds. The van der Waals surface area contributed by atoms with E-state index < -0.39 is 49.5 Å². The molecule has 0 aromatic rings. The number of esters is 1. The van der Waals surface area contributed by atoms with Gasteiger partial charge in [-0.2, -0.15) is 0 Å². The highest BCUT2D eigenvalue weighted by Gasteiger charge is 2.44. The van der Waals surface area contributed by atoms with Gasteiger partial charge in [-0.3, -0.25) is 9.59 Å². The van der Waals surface area contributed by atoms with Crippen LogP contribution in [-0.2, 0) is 23.8 Å². The van der Waals surface area contributed by atoms with Gasteiger partial charge in [-0.05, 0) is 77.0 Å². The van der Waals surface area contributed by atoms with Crippen molar-refractivity contribution in [2.75, 3.05) is 19.8 Å². The quantitative estimate of drug-likeness (QED) is 0.0196. The zero-order valence-electron chi connectivity index (χ0n) is 41.4. The third kappa shape index (κ3) is 34.8. The third-order valence-electron chi connectivity index (χ3n) is 12.5. The van der Waals surface area contributed by atoms with Crippen molar-refractivity contribution in [1.82, 2.24) is 5.32 Å². The summed E-state index contributed by atoms with van der Waals surface area (Å²) in [6, 6.07) is -0.817. The molecule has 0 saturated carbocycles. The molecule has 1 fully saturated rings. The monoisotopic (exact) mass is 922 g/mol. The van der Waals surface area contributed by atoms with Crippen LogP contribution >= 0.6 is 0 Å². The second-order valence-electron chi connectivity index (χ2n) is 18.6. The molecule has 0 bridgehead atoms. The average Bonchev–Trinajstić information content (AvgIpc) is 3.30. The van der Waals surface area contributed by atoms with Gasteiger partial charge in [0, 0.05) is 12.8 Å². The van der Waals surface area contributed by atoms with E-state index in [9.17, 15) is 35.1 Å². The van der Waals surface area contributed by atoms with Crippen molar-refractivity contribution in [3.63, 3.8) is 0 Å². The molecule has 7 unspecified atom stereocenters. The largest absolute Gasteiger partial charge is 0.466 e. The Labute approximate surface area is 396 Å². The summed E-state index contributed by atoms with van der Waals surface area (Å²) >= 11 is 0. The number of nitrogens with one attached hydrogen (secondary N) is 1. The number of hydrogen-bond acceptors (Lipinski definition) is 10. The summed E-state index contributed by atoms with van der Waals surface area (Å²) in [7, 11) is 0. The maximum Gasteiger partial charge on any atom is 0.305 e. The molecule has 1 rings (SSSR count). The van der Waals surface area contributed by atoms with Gasteiger partial charge in [0.15, 0.2) is 6.29 Å². The lowest BCUT2D eigenvalue weighted by molar-refractivity contribution is -0.302. The molecule has 6 N–H and O–H groups in total. The number of amides is 1. The van der Waals surface area contributed by atoms with Gasteiger partial charge in [-0.1, -0.05) is 179 Å². The fourth-order valence-corrected chi connectivity index (χ4v) is 8.11. The van der Waals surface area contributed by atoms with Crippen LogP contribution in [-0.4, -0.2) is 100 Å². The highest BCUT2D eigenvalue weighted by atomic mass is 16.7. The highest BCUT2D eigenvalue weighted by molar-refractivity contribution is 5.76. The van der Waals surface area contributed by atoms with Crippen LogP contribution in [0.25, 0.3) is 0 Å². The number of carbonyl (C=O) groups excluding carboxylic acids is 2. The summed E-state index contributed by atoms with van der Waals surface area (Å²) < 4.78 is 16.6. The Morgan fingerprint density at radius 1 is 0.554 bits per heavy atom. The van der Waals surface area contributed by atoms with E-state index in [1.807, 2.05) is 6.08 Å². The van der Waals surface area contributed by atoms with Crippen LogP contribution < -0.4 is 5.32 Å². The van der Waals surface area contributed by atoms with E-state index >= 15 is 0 Å². The fraction of sp³-hybridized carbons (Fsp3) is 0.852. The summed E-state index contributed by atoms with van der Waals surface area (Å²) in [5.41, 5.74) is 0. The standard InChI is InChI=1S/C54H99NO10/c1-3-5-7-9-11-13-21-26-30-34-38-42-50(59)63-43-39-35-31-27-23-20-18-16-14-15-17-19-22-25-29-33-37-41-49(58)55-46(47(57)40-36-32-28-24-12-10-8-6-4-2)45-64-54-53(62)52(61)51(60)48(44-56)65-54/h9,11,14,16,36,40,46-48,51-54,56-57,60-62H,3-8,10,12-13,15,17-35,37-39,41-45H2,1-2H3,(H,55,58)/b11-9-,16-14-,40-36+. The molecule has 0 aliphatic carbocycles. The lowest BCUT2D eigenvalue weighted by Crippen LogP contribution is -2.60. The van der Waals surface area contributed by atoms with Crippen molar-refractivity contribution >= 4 is 11.9 Å². The average molecular weight is 922 g/mol. The van der Waals surface area contributed by atoms with Crippen molar-refractivity contribution in [2.24, 2.45) is 0 Å². The summed E-state index contributed by atoms with van der Waals surface area (Å²) in [4.78, 5) is 24.9. The molecule has 0 aromatic heterocycles. The van der Waals surface area contributed by atoms with Crippen molar-refractivity contribution in [3.8, 4) is 0 Å².